The predicted molar refractivity (Wildman–Crippen MR) is 61.4 cm³/mol. The van der Waals surface area contributed by atoms with Crippen molar-refractivity contribution in [2.75, 3.05) is 6.54 Å². The van der Waals surface area contributed by atoms with Gasteiger partial charge in [-0.3, -0.25) is 4.79 Å². The molecule has 17 heavy (non-hydrogen) atoms. The molecule has 0 radical (unpaired) electrons. The molecule has 0 unspecified atom stereocenters. The minimum absolute atomic E-state index is 0.0316. The van der Waals surface area contributed by atoms with Crippen molar-refractivity contribution in [3.8, 4) is 12.1 Å². The van der Waals surface area contributed by atoms with Gasteiger partial charge in [0.25, 0.3) is 0 Å². The van der Waals surface area contributed by atoms with E-state index in [1.54, 1.807) is 4.90 Å². The number of nitrogens with zero attached hydrogens (tertiary/aromatic N) is 3. The fourth-order valence-electron chi connectivity index (χ4n) is 2.73. The lowest BCUT2D eigenvalue weighted by atomic mass is 9.62. The van der Waals surface area contributed by atoms with E-state index in [4.69, 9.17) is 5.26 Å². The Morgan fingerprint density at radius 1 is 1.41 bits per heavy atom. The van der Waals surface area contributed by atoms with Crippen LogP contribution < -0.4 is 0 Å². The van der Waals surface area contributed by atoms with E-state index in [-0.39, 0.29) is 11.9 Å². The van der Waals surface area contributed by atoms with Crippen LogP contribution in [0.5, 0.6) is 0 Å². The van der Waals surface area contributed by atoms with E-state index in [2.05, 4.69) is 19.1 Å². The molecule has 2 fully saturated rings. The largest absolute Gasteiger partial charge is 0.337 e. The number of nitriles is 2. The molecule has 2 aliphatic rings. The molecule has 0 N–H and O–H groups in total. The van der Waals surface area contributed by atoms with Gasteiger partial charge in [-0.1, -0.05) is 6.92 Å². The molecule has 2 saturated carbocycles. The van der Waals surface area contributed by atoms with Crippen LogP contribution in [0.3, 0.4) is 0 Å². The van der Waals surface area contributed by atoms with Gasteiger partial charge < -0.3 is 4.90 Å². The van der Waals surface area contributed by atoms with Gasteiger partial charge in [-0.05, 0) is 31.6 Å². The number of amides is 1. The highest BCUT2D eigenvalue weighted by Crippen LogP contribution is 2.47. The SMILES string of the molecule is CC1CC(C#N)(C(=O)N(CCC#N)C2CC2)C1. The van der Waals surface area contributed by atoms with E-state index in [1.165, 1.54) is 0 Å². The fourth-order valence-corrected chi connectivity index (χ4v) is 2.73. The van der Waals surface area contributed by atoms with E-state index in [0.717, 1.165) is 12.8 Å². The second-order valence-electron chi connectivity index (χ2n) is 5.35. The predicted octanol–water partition coefficient (Wildman–Crippen LogP) is 1.83. The second-order valence-corrected chi connectivity index (χ2v) is 5.35. The summed E-state index contributed by atoms with van der Waals surface area (Å²) in [4.78, 5) is 14.2. The first-order valence-corrected chi connectivity index (χ1v) is 6.22. The third kappa shape index (κ3) is 2.13. The number of rotatable bonds is 4. The third-order valence-corrected chi connectivity index (χ3v) is 3.73. The molecule has 4 heteroatoms. The first-order valence-electron chi connectivity index (χ1n) is 6.22. The van der Waals surface area contributed by atoms with Crippen LogP contribution in [0.4, 0.5) is 0 Å². The Kier molecular flexibility index (Phi) is 3.07. The summed E-state index contributed by atoms with van der Waals surface area (Å²) < 4.78 is 0. The average Bonchev–Trinajstić information content (AvgIpc) is 3.09. The van der Waals surface area contributed by atoms with Crippen molar-refractivity contribution in [2.45, 2.75) is 45.1 Å². The summed E-state index contributed by atoms with van der Waals surface area (Å²) in [5.74, 6) is 0.437. The van der Waals surface area contributed by atoms with Gasteiger partial charge in [0, 0.05) is 12.6 Å². The Balaban J connectivity index is 2.06. The number of carbonyl (C=O) groups is 1. The minimum Gasteiger partial charge on any atom is -0.337 e. The van der Waals surface area contributed by atoms with Crippen molar-refractivity contribution in [3.63, 3.8) is 0 Å². The molecular formula is C13H17N3O. The highest BCUT2D eigenvalue weighted by atomic mass is 16.2. The van der Waals surface area contributed by atoms with Gasteiger partial charge in [0.05, 0.1) is 18.6 Å². The molecule has 0 aromatic carbocycles. The maximum atomic E-state index is 12.4. The number of hydrogen-bond donors (Lipinski definition) is 0. The standard InChI is InChI=1S/C13H17N3O/c1-10-7-13(8-10,9-15)12(17)16(6-2-5-14)11-3-4-11/h10-11H,2-4,6-8H2,1H3. The van der Waals surface area contributed by atoms with Crippen LogP contribution in [0.2, 0.25) is 0 Å². The molecule has 0 heterocycles. The Hall–Kier alpha value is -1.55. The van der Waals surface area contributed by atoms with Crippen LogP contribution in [0.1, 0.15) is 39.0 Å². The van der Waals surface area contributed by atoms with E-state index < -0.39 is 5.41 Å². The highest BCUT2D eigenvalue weighted by molar-refractivity contribution is 5.87. The van der Waals surface area contributed by atoms with Crippen LogP contribution in [0.15, 0.2) is 0 Å². The molecule has 0 aromatic heterocycles. The topological polar surface area (TPSA) is 67.9 Å². The summed E-state index contributed by atoms with van der Waals surface area (Å²) in [5, 5.41) is 17.9. The lowest BCUT2D eigenvalue weighted by Crippen LogP contribution is -2.51. The summed E-state index contributed by atoms with van der Waals surface area (Å²) in [7, 11) is 0. The quantitative estimate of drug-likeness (QED) is 0.741. The van der Waals surface area contributed by atoms with Crippen LogP contribution in [-0.2, 0) is 4.79 Å². The van der Waals surface area contributed by atoms with E-state index >= 15 is 0 Å². The van der Waals surface area contributed by atoms with Gasteiger partial charge in [-0.15, -0.1) is 0 Å². The Bertz CT molecular complexity index is 394. The monoisotopic (exact) mass is 231 g/mol. The Morgan fingerprint density at radius 2 is 2.06 bits per heavy atom. The highest BCUT2D eigenvalue weighted by Gasteiger charge is 2.52. The lowest BCUT2D eigenvalue weighted by Gasteiger charge is -2.42. The van der Waals surface area contributed by atoms with Gasteiger partial charge in [-0.2, -0.15) is 10.5 Å². The molecule has 1 amide bonds. The summed E-state index contributed by atoms with van der Waals surface area (Å²) in [6.07, 6.45) is 3.76. The molecule has 0 bridgehead atoms. The molecular weight excluding hydrogens is 214 g/mol. The second kappa shape index (κ2) is 4.37. The van der Waals surface area contributed by atoms with Crippen LogP contribution in [-0.4, -0.2) is 23.4 Å². The van der Waals surface area contributed by atoms with E-state index in [9.17, 15) is 10.1 Å². The minimum atomic E-state index is -0.780. The van der Waals surface area contributed by atoms with Crippen molar-refractivity contribution in [1.29, 1.82) is 10.5 Å². The van der Waals surface area contributed by atoms with Gasteiger partial charge in [0.2, 0.25) is 5.91 Å². The third-order valence-electron chi connectivity index (χ3n) is 3.73. The molecule has 2 rings (SSSR count). The first kappa shape index (κ1) is 11.9. The smallest absolute Gasteiger partial charge is 0.243 e. The lowest BCUT2D eigenvalue weighted by molar-refractivity contribution is -0.145. The zero-order valence-electron chi connectivity index (χ0n) is 10.1. The summed E-state index contributed by atoms with van der Waals surface area (Å²) in [6, 6.07) is 4.57. The van der Waals surface area contributed by atoms with Crippen molar-refractivity contribution in [1.82, 2.24) is 4.90 Å². The normalized spacial score (nSPS) is 30.9. The maximum Gasteiger partial charge on any atom is 0.243 e. The van der Waals surface area contributed by atoms with Crippen molar-refractivity contribution >= 4 is 5.91 Å². The molecule has 90 valence electrons. The Labute approximate surface area is 102 Å². The van der Waals surface area contributed by atoms with E-state index in [0.29, 0.717) is 31.7 Å². The zero-order chi connectivity index (χ0) is 12.5. The number of hydrogen-bond acceptors (Lipinski definition) is 3. The van der Waals surface area contributed by atoms with Crippen LogP contribution in [0, 0.1) is 34.0 Å². The van der Waals surface area contributed by atoms with E-state index in [1.807, 2.05) is 0 Å². The van der Waals surface area contributed by atoms with Crippen molar-refractivity contribution in [2.24, 2.45) is 11.3 Å². The molecule has 0 spiro atoms. The van der Waals surface area contributed by atoms with Gasteiger partial charge in [-0.25, -0.2) is 0 Å². The van der Waals surface area contributed by atoms with Crippen LogP contribution >= 0.6 is 0 Å². The maximum absolute atomic E-state index is 12.4. The molecule has 4 nitrogen and oxygen atoms in total. The van der Waals surface area contributed by atoms with Crippen molar-refractivity contribution < 1.29 is 4.79 Å². The summed E-state index contributed by atoms with van der Waals surface area (Å²) >= 11 is 0. The summed E-state index contributed by atoms with van der Waals surface area (Å²) in [6.45, 7) is 2.55. The zero-order valence-corrected chi connectivity index (χ0v) is 10.1. The van der Waals surface area contributed by atoms with Crippen molar-refractivity contribution in [3.05, 3.63) is 0 Å². The molecule has 0 aliphatic heterocycles. The van der Waals surface area contributed by atoms with Gasteiger partial charge >= 0.3 is 0 Å². The van der Waals surface area contributed by atoms with Gasteiger partial charge in [0.1, 0.15) is 5.41 Å². The first-order chi connectivity index (χ1) is 8.13. The average molecular weight is 231 g/mol. The Morgan fingerprint density at radius 3 is 2.47 bits per heavy atom. The van der Waals surface area contributed by atoms with Gasteiger partial charge in [0.15, 0.2) is 0 Å². The summed E-state index contributed by atoms with van der Waals surface area (Å²) in [5.41, 5.74) is -0.780. The molecule has 0 aromatic rings. The number of carbonyl (C=O) groups excluding carboxylic acids is 1. The fraction of sp³-hybridized carbons (Fsp3) is 0.769. The molecule has 0 atom stereocenters. The van der Waals surface area contributed by atoms with Crippen LogP contribution in [0.25, 0.3) is 0 Å². The molecule has 0 saturated heterocycles. The molecule has 2 aliphatic carbocycles.